The fourth-order valence-electron chi connectivity index (χ4n) is 6.94. The molecule has 2 aliphatic heterocycles. The number of rotatable bonds is 9. The SMILES string of the molecule is COC(=O)NC(C(=O)N1CCCC1c1ncc(C#CC#Cc2ccc(-c3cnc(C4CCCN4C(=O)[C@@H](NC(=O)OC)C(C)C)[nH]3)cc2)[nH]1)c1ccccc1.Cl. The summed E-state index contributed by atoms with van der Waals surface area (Å²) in [6, 6.07) is 14.7. The van der Waals surface area contributed by atoms with Crippen LogP contribution < -0.4 is 10.6 Å². The molecule has 0 aliphatic carbocycles. The maximum atomic E-state index is 13.7. The van der Waals surface area contributed by atoms with Gasteiger partial charge in [0, 0.05) is 18.7 Å². The number of alkyl carbamates (subject to hydrolysis) is 2. The Kier molecular flexibility index (Phi) is 13.8. The van der Waals surface area contributed by atoms with Gasteiger partial charge in [-0.1, -0.05) is 62.2 Å². The van der Waals surface area contributed by atoms with Crippen LogP contribution in [0.25, 0.3) is 11.3 Å². The highest BCUT2D eigenvalue weighted by molar-refractivity contribution is 5.88. The van der Waals surface area contributed by atoms with Crippen LogP contribution in [0.2, 0.25) is 0 Å². The smallest absolute Gasteiger partial charge is 0.407 e. The molecule has 2 aromatic heterocycles. The van der Waals surface area contributed by atoms with E-state index in [0.29, 0.717) is 36.0 Å². The Balaban J connectivity index is 0.00000600. The summed E-state index contributed by atoms with van der Waals surface area (Å²) in [7, 11) is 2.54. The Bertz CT molecular complexity index is 2130. The van der Waals surface area contributed by atoms with E-state index in [9.17, 15) is 19.2 Å². The van der Waals surface area contributed by atoms with Gasteiger partial charge in [0.2, 0.25) is 5.91 Å². The van der Waals surface area contributed by atoms with E-state index in [4.69, 9.17) is 9.47 Å². The van der Waals surface area contributed by atoms with Gasteiger partial charge in [0.15, 0.2) is 0 Å². The number of carbonyl (C=O) groups is 4. The number of nitrogens with one attached hydrogen (secondary N) is 4. The standard InChI is InChI=1S/C41H44N8O6.ClH/c1-26(2)34(46-40(52)54-3)38(50)48-22-11-17-33(48)37-43-25-31(45-37)28-20-18-27(19-21-28)12-8-9-15-30-24-42-36(44-30)32-16-10-23-49(32)39(51)35(47-41(53)55-4)29-13-6-5-7-14-29;/h5-7,13-14,18-21,24-26,32-35H,10-11,16-17,22-23H2,1-4H3,(H,42,44)(H,43,45)(H,46,52)(H,47,53);1H/t32?,33?,34-,35?;/m0./s1. The Labute approximate surface area is 331 Å². The van der Waals surface area contributed by atoms with E-state index in [2.05, 4.69) is 54.3 Å². The van der Waals surface area contributed by atoms with Crippen molar-refractivity contribution >= 4 is 36.4 Å². The number of carbonyl (C=O) groups excluding carboxylic acids is 4. The van der Waals surface area contributed by atoms with Crippen molar-refractivity contribution in [2.24, 2.45) is 5.92 Å². The minimum atomic E-state index is -0.897. The van der Waals surface area contributed by atoms with E-state index in [0.717, 1.165) is 42.5 Å². The largest absolute Gasteiger partial charge is 0.453 e. The van der Waals surface area contributed by atoms with Crippen LogP contribution >= 0.6 is 12.4 Å². The molecule has 15 heteroatoms. The first kappa shape index (κ1) is 40.9. The lowest BCUT2D eigenvalue weighted by Gasteiger charge is -2.30. The van der Waals surface area contributed by atoms with Gasteiger partial charge in [-0.2, -0.15) is 0 Å². The number of likely N-dealkylation sites (tertiary alicyclic amines) is 2. The first-order valence-corrected chi connectivity index (χ1v) is 18.2. The second-order valence-electron chi connectivity index (χ2n) is 13.7. The van der Waals surface area contributed by atoms with E-state index < -0.39 is 24.3 Å². The van der Waals surface area contributed by atoms with Gasteiger partial charge in [-0.05, 0) is 72.6 Å². The molecule has 4 heterocycles. The molecule has 0 bridgehead atoms. The van der Waals surface area contributed by atoms with Gasteiger partial charge in [0.25, 0.3) is 5.91 Å². The number of methoxy groups -OCH3 is 2. The maximum absolute atomic E-state index is 13.7. The van der Waals surface area contributed by atoms with Crippen molar-refractivity contribution in [2.45, 2.75) is 63.7 Å². The molecule has 56 heavy (non-hydrogen) atoms. The van der Waals surface area contributed by atoms with Crippen LogP contribution in [0.4, 0.5) is 9.59 Å². The number of benzene rings is 2. The molecule has 2 fully saturated rings. The van der Waals surface area contributed by atoms with Gasteiger partial charge in [0.1, 0.15) is 29.4 Å². The number of halogens is 1. The first-order valence-electron chi connectivity index (χ1n) is 18.2. The van der Waals surface area contributed by atoms with Gasteiger partial charge in [-0.15, -0.1) is 12.4 Å². The summed E-state index contributed by atoms with van der Waals surface area (Å²) in [6.07, 6.45) is 5.17. The van der Waals surface area contributed by atoms with Crippen molar-refractivity contribution in [3.05, 3.63) is 95.5 Å². The van der Waals surface area contributed by atoms with Crippen molar-refractivity contribution in [2.75, 3.05) is 27.3 Å². The van der Waals surface area contributed by atoms with Crippen molar-refractivity contribution in [1.29, 1.82) is 0 Å². The van der Waals surface area contributed by atoms with Crippen LogP contribution in [0.15, 0.2) is 67.0 Å². The van der Waals surface area contributed by atoms with Crippen molar-refractivity contribution in [1.82, 2.24) is 40.4 Å². The van der Waals surface area contributed by atoms with E-state index in [1.54, 1.807) is 34.3 Å². The summed E-state index contributed by atoms with van der Waals surface area (Å²) >= 11 is 0. The van der Waals surface area contributed by atoms with E-state index in [1.165, 1.54) is 14.2 Å². The number of nitrogens with zero attached hydrogens (tertiary/aromatic N) is 4. The quantitative estimate of drug-likeness (QED) is 0.163. The molecule has 4 atom stereocenters. The number of hydrogen-bond donors (Lipinski definition) is 4. The minimum absolute atomic E-state index is 0. The van der Waals surface area contributed by atoms with E-state index in [-0.39, 0.29) is 42.2 Å². The highest BCUT2D eigenvalue weighted by Crippen LogP contribution is 2.34. The Morgan fingerprint density at radius 2 is 1.36 bits per heavy atom. The Hall–Kier alpha value is -6.25. The van der Waals surface area contributed by atoms with Gasteiger partial charge < -0.3 is 39.9 Å². The third-order valence-electron chi connectivity index (χ3n) is 9.78. The van der Waals surface area contributed by atoms with Gasteiger partial charge in [-0.3, -0.25) is 9.59 Å². The first-order chi connectivity index (χ1) is 26.7. The second-order valence-corrected chi connectivity index (χ2v) is 13.7. The normalized spacial score (nSPS) is 17.0. The molecule has 292 valence electrons. The van der Waals surface area contributed by atoms with Gasteiger partial charge in [0.05, 0.1) is 44.4 Å². The van der Waals surface area contributed by atoms with Crippen LogP contribution in [0.5, 0.6) is 0 Å². The molecule has 2 saturated heterocycles. The van der Waals surface area contributed by atoms with Crippen LogP contribution in [0, 0.1) is 29.6 Å². The average Bonchev–Trinajstić information content (AvgIpc) is 4.04. The lowest BCUT2D eigenvalue weighted by molar-refractivity contribution is -0.135. The number of ether oxygens (including phenoxy) is 2. The van der Waals surface area contributed by atoms with Crippen LogP contribution in [0.1, 0.15) is 86.1 Å². The number of imidazole rings is 2. The van der Waals surface area contributed by atoms with Crippen molar-refractivity contribution in [3.8, 4) is 34.9 Å². The molecule has 0 saturated carbocycles. The number of H-pyrrole nitrogens is 2. The van der Waals surface area contributed by atoms with Crippen LogP contribution in [-0.4, -0.2) is 87.1 Å². The molecule has 0 spiro atoms. The van der Waals surface area contributed by atoms with Crippen molar-refractivity contribution < 1.29 is 28.7 Å². The summed E-state index contributed by atoms with van der Waals surface area (Å²) in [5.41, 5.74) is 3.74. The highest BCUT2D eigenvalue weighted by Gasteiger charge is 2.38. The third kappa shape index (κ3) is 9.51. The molecule has 6 rings (SSSR count). The van der Waals surface area contributed by atoms with Gasteiger partial charge in [-0.25, -0.2) is 19.6 Å². The van der Waals surface area contributed by atoms with E-state index >= 15 is 0 Å². The summed E-state index contributed by atoms with van der Waals surface area (Å²) in [6.45, 7) is 4.88. The number of amides is 4. The summed E-state index contributed by atoms with van der Waals surface area (Å²) in [4.78, 5) is 70.5. The fourth-order valence-corrected chi connectivity index (χ4v) is 6.94. The zero-order valence-electron chi connectivity index (χ0n) is 31.6. The second kappa shape index (κ2) is 18.9. The third-order valence-corrected chi connectivity index (χ3v) is 9.78. The number of hydrogen-bond acceptors (Lipinski definition) is 8. The maximum Gasteiger partial charge on any atom is 0.407 e. The summed E-state index contributed by atoms with van der Waals surface area (Å²) < 4.78 is 9.52. The highest BCUT2D eigenvalue weighted by atomic mass is 35.5. The Morgan fingerprint density at radius 1 is 0.768 bits per heavy atom. The number of aromatic amines is 2. The molecule has 3 unspecified atom stereocenters. The average molecular weight is 781 g/mol. The molecule has 0 radical (unpaired) electrons. The predicted molar refractivity (Wildman–Crippen MR) is 210 cm³/mol. The summed E-state index contributed by atoms with van der Waals surface area (Å²) in [5.74, 6) is 12.6. The summed E-state index contributed by atoms with van der Waals surface area (Å²) in [5, 5.41) is 5.35. The minimum Gasteiger partial charge on any atom is -0.453 e. The van der Waals surface area contributed by atoms with Gasteiger partial charge >= 0.3 is 12.2 Å². The fraction of sp³-hybridized carbons (Fsp3) is 0.366. The zero-order valence-corrected chi connectivity index (χ0v) is 32.4. The topological polar surface area (TPSA) is 175 Å². The lowest BCUT2D eigenvalue weighted by atomic mass is 10.0. The molecule has 2 aliphatic rings. The molecular formula is C41H45ClN8O6. The molecule has 4 amide bonds. The lowest BCUT2D eigenvalue weighted by Crippen LogP contribution is -2.51. The molecule has 14 nitrogen and oxygen atoms in total. The van der Waals surface area contributed by atoms with E-state index in [1.807, 2.05) is 56.3 Å². The predicted octanol–water partition coefficient (Wildman–Crippen LogP) is 5.43. The monoisotopic (exact) mass is 780 g/mol. The van der Waals surface area contributed by atoms with Crippen LogP contribution in [0.3, 0.4) is 0 Å². The Morgan fingerprint density at radius 3 is 2.00 bits per heavy atom. The molecule has 4 N–H and O–H groups in total. The number of aromatic nitrogens is 4. The molecule has 2 aromatic carbocycles. The zero-order chi connectivity index (χ0) is 38.9. The molecule has 4 aromatic rings. The van der Waals surface area contributed by atoms with Crippen LogP contribution in [-0.2, 0) is 19.1 Å². The van der Waals surface area contributed by atoms with Crippen molar-refractivity contribution in [3.63, 3.8) is 0 Å². The molecular weight excluding hydrogens is 736 g/mol.